The first kappa shape index (κ1) is 22.0. The molecule has 0 atom stereocenters. The summed E-state index contributed by atoms with van der Waals surface area (Å²) in [5.74, 6) is -0.738. The van der Waals surface area contributed by atoms with Crippen LogP contribution in [0.5, 0.6) is 5.75 Å². The zero-order valence-corrected chi connectivity index (χ0v) is 18.3. The summed E-state index contributed by atoms with van der Waals surface area (Å²) in [5, 5.41) is 17.0. The number of phenolic OH excluding ortho intramolecular Hbond substituents is 1. The van der Waals surface area contributed by atoms with Crippen LogP contribution < -0.4 is 10.6 Å². The Kier molecular flexibility index (Phi) is 6.85. The number of hydrogen-bond acceptors (Lipinski definition) is 5. The van der Waals surface area contributed by atoms with Gasteiger partial charge in [0.05, 0.1) is 22.8 Å². The number of anilines is 2. The molecule has 0 aliphatic carbocycles. The van der Waals surface area contributed by atoms with E-state index in [1.54, 1.807) is 19.4 Å². The molecule has 0 amide bonds. The highest BCUT2D eigenvalue weighted by Gasteiger charge is 2.11. The highest BCUT2D eigenvalue weighted by Crippen LogP contribution is 2.34. The molecule has 4 rings (SSSR count). The van der Waals surface area contributed by atoms with Gasteiger partial charge in [0.15, 0.2) is 0 Å². The number of ether oxygens (including phenoxy) is 1. The van der Waals surface area contributed by atoms with E-state index in [0.29, 0.717) is 12.3 Å². The average Bonchev–Trinajstić information content (AvgIpc) is 2.80. The number of halogens is 2. The predicted molar refractivity (Wildman–Crippen MR) is 127 cm³/mol. The minimum Gasteiger partial charge on any atom is -0.506 e. The Morgan fingerprint density at radius 3 is 2.72 bits per heavy atom. The molecule has 4 aromatic rings. The van der Waals surface area contributed by atoms with Gasteiger partial charge in [-0.3, -0.25) is 4.98 Å². The number of nitrogens with zero attached hydrogens (tertiary/aromatic N) is 1. The van der Waals surface area contributed by atoms with Crippen LogP contribution in [0, 0.1) is 5.82 Å². The van der Waals surface area contributed by atoms with Crippen molar-refractivity contribution in [3.63, 3.8) is 0 Å². The first-order chi connectivity index (χ1) is 15.5. The maximum Gasteiger partial charge on any atom is 0.148 e. The third kappa shape index (κ3) is 4.99. The lowest BCUT2D eigenvalue weighted by Crippen LogP contribution is -2.18. The third-order valence-corrected chi connectivity index (χ3v) is 5.42. The standard InChI is InChI=1S/C25H23ClFN3O2/c1-32-10-9-28-15-16-3-2-4-17(11-16)18-5-6-19-22(7-8-29-23(19)12-18)30-24-14-25(31)20(26)13-21(24)27/h2-8,11-14,28,31H,9-10,15H2,1H3,(H,29,30). The third-order valence-electron chi connectivity index (χ3n) is 5.12. The molecule has 7 heteroatoms. The van der Waals surface area contributed by atoms with Crippen LogP contribution in [0.25, 0.3) is 22.0 Å². The van der Waals surface area contributed by atoms with Crippen LogP contribution in [0.15, 0.2) is 66.9 Å². The molecule has 1 heterocycles. The Hall–Kier alpha value is -3.19. The molecular formula is C25H23ClFN3O2. The minimum atomic E-state index is -0.551. The van der Waals surface area contributed by atoms with Gasteiger partial charge in [-0.15, -0.1) is 0 Å². The first-order valence-electron chi connectivity index (χ1n) is 10.2. The summed E-state index contributed by atoms with van der Waals surface area (Å²) in [5.41, 5.74) is 4.90. The normalized spacial score (nSPS) is 11.1. The van der Waals surface area contributed by atoms with E-state index >= 15 is 0 Å². The Labute approximate surface area is 190 Å². The van der Waals surface area contributed by atoms with E-state index < -0.39 is 5.82 Å². The van der Waals surface area contributed by atoms with E-state index in [9.17, 15) is 9.50 Å². The van der Waals surface area contributed by atoms with Gasteiger partial charge in [0.1, 0.15) is 11.6 Å². The first-order valence-corrected chi connectivity index (χ1v) is 10.6. The largest absolute Gasteiger partial charge is 0.506 e. The number of hydrogen-bond donors (Lipinski definition) is 3. The number of phenols is 1. The van der Waals surface area contributed by atoms with Gasteiger partial charge in [-0.25, -0.2) is 4.39 Å². The number of aromatic nitrogens is 1. The van der Waals surface area contributed by atoms with Crippen LogP contribution in [0.1, 0.15) is 5.56 Å². The smallest absolute Gasteiger partial charge is 0.148 e. The molecule has 3 aromatic carbocycles. The van der Waals surface area contributed by atoms with Gasteiger partial charge < -0.3 is 20.5 Å². The number of fused-ring (bicyclic) bond motifs is 1. The van der Waals surface area contributed by atoms with Crippen molar-refractivity contribution in [2.45, 2.75) is 6.54 Å². The van der Waals surface area contributed by atoms with Crippen molar-refractivity contribution in [3.05, 3.63) is 83.3 Å². The van der Waals surface area contributed by atoms with Crippen LogP contribution in [-0.4, -0.2) is 30.4 Å². The average molecular weight is 452 g/mol. The molecule has 32 heavy (non-hydrogen) atoms. The SMILES string of the molecule is COCCNCc1cccc(-c2ccc3c(Nc4cc(O)c(Cl)cc4F)ccnc3c2)c1. The molecule has 0 fully saturated rings. The molecule has 0 aliphatic heterocycles. The van der Waals surface area contributed by atoms with Gasteiger partial charge in [0, 0.05) is 43.5 Å². The highest BCUT2D eigenvalue weighted by atomic mass is 35.5. The lowest BCUT2D eigenvalue weighted by molar-refractivity contribution is 0.199. The second kappa shape index (κ2) is 9.96. The lowest BCUT2D eigenvalue weighted by atomic mass is 10.0. The molecule has 0 radical (unpaired) electrons. The van der Waals surface area contributed by atoms with Crippen molar-refractivity contribution in [2.24, 2.45) is 0 Å². The van der Waals surface area contributed by atoms with Crippen LogP contribution in [-0.2, 0) is 11.3 Å². The summed E-state index contributed by atoms with van der Waals surface area (Å²) in [6.07, 6.45) is 1.66. The van der Waals surface area contributed by atoms with Crippen molar-refractivity contribution in [1.29, 1.82) is 0 Å². The number of benzene rings is 3. The van der Waals surface area contributed by atoms with Crippen molar-refractivity contribution in [2.75, 3.05) is 25.6 Å². The van der Waals surface area contributed by atoms with E-state index in [1.165, 1.54) is 11.6 Å². The number of methoxy groups -OCH3 is 1. The Morgan fingerprint density at radius 1 is 1.03 bits per heavy atom. The maximum absolute atomic E-state index is 14.3. The van der Waals surface area contributed by atoms with Crippen molar-refractivity contribution >= 4 is 33.9 Å². The van der Waals surface area contributed by atoms with E-state index in [4.69, 9.17) is 16.3 Å². The second-order valence-electron chi connectivity index (χ2n) is 7.37. The predicted octanol–water partition coefficient (Wildman–Crippen LogP) is 5.88. The molecular weight excluding hydrogens is 429 g/mol. The van der Waals surface area contributed by atoms with Gasteiger partial charge in [0.25, 0.3) is 0 Å². The summed E-state index contributed by atoms with van der Waals surface area (Å²) in [6, 6.07) is 18.4. The molecule has 0 saturated carbocycles. The topological polar surface area (TPSA) is 66.4 Å². The monoisotopic (exact) mass is 451 g/mol. The fraction of sp³-hybridized carbons (Fsp3) is 0.160. The molecule has 1 aromatic heterocycles. The fourth-order valence-corrected chi connectivity index (χ4v) is 3.63. The van der Waals surface area contributed by atoms with Gasteiger partial charge in [-0.1, -0.05) is 41.9 Å². The molecule has 164 valence electrons. The van der Waals surface area contributed by atoms with Crippen molar-refractivity contribution in [1.82, 2.24) is 10.3 Å². The summed E-state index contributed by atoms with van der Waals surface area (Å²) >= 11 is 5.78. The Balaban J connectivity index is 1.60. The Morgan fingerprint density at radius 2 is 1.88 bits per heavy atom. The van der Waals surface area contributed by atoms with Crippen molar-refractivity contribution in [3.8, 4) is 16.9 Å². The highest BCUT2D eigenvalue weighted by molar-refractivity contribution is 6.32. The maximum atomic E-state index is 14.3. The summed E-state index contributed by atoms with van der Waals surface area (Å²) in [6.45, 7) is 2.23. The molecule has 0 saturated heterocycles. The molecule has 0 unspecified atom stereocenters. The van der Waals surface area contributed by atoms with Gasteiger partial charge in [-0.2, -0.15) is 0 Å². The molecule has 5 nitrogen and oxygen atoms in total. The molecule has 0 bridgehead atoms. The fourth-order valence-electron chi connectivity index (χ4n) is 3.48. The van der Waals surface area contributed by atoms with Crippen molar-refractivity contribution < 1.29 is 14.2 Å². The number of aromatic hydroxyl groups is 1. The van der Waals surface area contributed by atoms with Gasteiger partial charge >= 0.3 is 0 Å². The van der Waals surface area contributed by atoms with Crippen LogP contribution in [0.4, 0.5) is 15.8 Å². The number of rotatable bonds is 8. The van der Waals surface area contributed by atoms with Gasteiger partial charge in [-0.05, 0) is 41.0 Å². The number of nitrogens with one attached hydrogen (secondary N) is 2. The van der Waals surface area contributed by atoms with E-state index in [0.717, 1.165) is 41.2 Å². The van der Waals surface area contributed by atoms with E-state index in [-0.39, 0.29) is 16.5 Å². The number of pyridine rings is 1. The van der Waals surface area contributed by atoms with Gasteiger partial charge in [0.2, 0.25) is 0 Å². The molecule has 3 N–H and O–H groups in total. The lowest BCUT2D eigenvalue weighted by Gasteiger charge is -2.12. The molecule has 0 spiro atoms. The zero-order chi connectivity index (χ0) is 22.5. The van der Waals surface area contributed by atoms with Crippen LogP contribution in [0.2, 0.25) is 5.02 Å². The summed E-state index contributed by atoms with van der Waals surface area (Å²) in [7, 11) is 1.69. The van der Waals surface area contributed by atoms with E-state index in [2.05, 4.69) is 33.8 Å². The quantitative estimate of drug-likeness (QED) is 0.292. The zero-order valence-electron chi connectivity index (χ0n) is 17.5. The Bertz CT molecular complexity index is 1250. The van der Waals surface area contributed by atoms with E-state index in [1.807, 2.05) is 24.3 Å². The summed E-state index contributed by atoms with van der Waals surface area (Å²) in [4.78, 5) is 4.49. The van der Waals surface area contributed by atoms with Crippen LogP contribution >= 0.6 is 11.6 Å². The minimum absolute atomic E-state index is 0.0339. The molecule has 0 aliphatic rings. The van der Waals surface area contributed by atoms with Crippen LogP contribution in [0.3, 0.4) is 0 Å². The second-order valence-corrected chi connectivity index (χ2v) is 7.78. The summed E-state index contributed by atoms with van der Waals surface area (Å²) < 4.78 is 19.3.